The van der Waals surface area contributed by atoms with Crippen molar-refractivity contribution in [3.63, 3.8) is 0 Å². The molecule has 1 aromatic heterocycles. The molecule has 0 aliphatic rings. The molecule has 2 aromatic carbocycles. The minimum absolute atomic E-state index is 0.0655. The molecule has 0 saturated carbocycles. The molecule has 1 heterocycles. The molecule has 19 heavy (non-hydrogen) atoms. The molecule has 0 amide bonds. The summed E-state index contributed by atoms with van der Waals surface area (Å²) in [6.45, 7) is 0. The highest BCUT2D eigenvalue weighted by atomic mass is 35.5. The number of phenols is 1. The lowest BCUT2D eigenvalue weighted by atomic mass is 10.1. The van der Waals surface area contributed by atoms with Crippen LogP contribution in [-0.4, -0.2) is 15.1 Å². The number of aromatic hydroxyl groups is 1. The van der Waals surface area contributed by atoms with Gasteiger partial charge in [0.15, 0.2) is 5.82 Å². The zero-order chi connectivity index (χ0) is 13.4. The Bertz CT molecular complexity index is 774. The molecule has 0 bridgehead atoms. The number of benzene rings is 2. The van der Waals surface area contributed by atoms with Gasteiger partial charge in [0.25, 0.3) is 0 Å². The number of fused-ring (bicyclic) bond motifs is 1. The van der Waals surface area contributed by atoms with Crippen LogP contribution in [0.3, 0.4) is 0 Å². The van der Waals surface area contributed by atoms with Crippen molar-refractivity contribution in [2.24, 2.45) is 0 Å². The zero-order valence-electron chi connectivity index (χ0n) is 9.64. The van der Waals surface area contributed by atoms with E-state index in [2.05, 4.69) is 9.97 Å². The Kier molecular flexibility index (Phi) is 3.01. The highest BCUT2D eigenvalue weighted by Crippen LogP contribution is 2.31. The molecule has 0 aliphatic heterocycles. The zero-order valence-corrected chi connectivity index (χ0v) is 11.2. The highest BCUT2D eigenvalue weighted by Gasteiger charge is 2.11. The van der Waals surface area contributed by atoms with E-state index in [1.165, 1.54) is 6.07 Å². The molecule has 0 atom stereocenters. The van der Waals surface area contributed by atoms with Crippen LogP contribution in [0.25, 0.3) is 22.3 Å². The maximum Gasteiger partial charge on any atom is 0.165 e. The molecular formula is C14H8Cl2N2O. The molecule has 1 N–H and O–H groups in total. The van der Waals surface area contributed by atoms with Crippen LogP contribution in [0, 0.1) is 0 Å². The van der Waals surface area contributed by atoms with Gasteiger partial charge in [-0.15, -0.1) is 0 Å². The average Bonchev–Trinajstić information content (AvgIpc) is 2.41. The van der Waals surface area contributed by atoms with Gasteiger partial charge in [-0.1, -0.05) is 35.3 Å². The average molecular weight is 291 g/mol. The number of aromatic nitrogens is 2. The van der Waals surface area contributed by atoms with Crippen LogP contribution >= 0.6 is 23.2 Å². The van der Waals surface area contributed by atoms with Gasteiger partial charge < -0.3 is 5.11 Å². The number of rotatable bonds is 1. The van der Waals surface area contributed by atoms with Gasteiger partial charge in [0, 0.05) is 10.4 Å². The van der Waals surface area contributed by atoms with Crippen molar-refractivity contribution in [2.45, 2.75) is 0 Å². The molecular weight excluding hydrogens is 283 g/mol. The summed E-state index contributed by atoms with van der Waals surface area (Å²) in [6, 6.07) is 12.1. The van der Waals surface area contributed by atoms with E-state index in [0.717, 1.165) is 10.9 Å². The normalized spacial score (nSPS) is 10.8. The van der Waals surface area contributed by atoms with Crippen molar-refractivity contribution in [2.75, 3.05) is 0 Å². The molecule has 0 aliphatic carbocycles. The Morgan fingerprint density at radius 3 is 2.58 bits per heavy atom. The van der Waals surface area contributed by atoms with Crippen LogP contribution in [0.2, 0.25) is 10.2 Å². The predicted octanol–water partition coefficient (Wildman–Crippen LogP) is 4.31. The van der Waals surface area contributed by atoms with E-state index in [1.807, 2.05) is 24.3 Å². The maximum absolute atomic E-state index is 9.87. The number of para-hydroxylation sites is 1. The Balaban J connectivity index is 2.28. The standard InChI is InChI=1S/C14H8Cl2N2O/c15-8-5-6-12(19)10(7-8)14-17-11-4-2-1-3-9(11)13(16)18-14/h1-7,19H. The molecule has 0 radical (unpaired) electrons. The molecule has 0 saturated heterocycles. The van der Waals surface area contributed by atoms with Gasteiger partial charge in [0.2, 0.25) is 0 Å². The van der Waals surface area contributed by atoms with Crippen molar-refractivity contribution < 1.29 is 5.11 Å². The summed E-state index contributed by atoms with van der Waals surface area (Å²) in [7, 11) is 0. The molecule has 0 unspecified atom stereocenters. The van der Waals surface area contributed by atoms with Crippen molar-refractivity contribution in [1.82, 2.24) is 9.97 Å². The topological polar surface area (TPSA) is 46.0 Å². The Hall–Kier alpha value is -1.84. The van der Waals surface area contributed by atoms with E-state index >= 15 is 0 Å². The van der Waals surface area contributed by atoms with Crippen LogP contribution in [-0.2, 0) is 0 Å². The first-order chi connectivity index (χ1) is 9.15. The minimum Gasteiger partial charge on any atom is -0.507 e. The van der Waals surface area contributed by atoms with E-state index in [9.17, 15) is 5.11 Å². The summed E-state index contributed by atoms with van der Waals surface area (Å²) in [5.41, 5.74) is 1.18. The SMILES string of the molecule is Oc1ccc(Cl)cc1-c1nc(Cl)c2ccccc2n1. The van der Waals surface area contributed by atoms with Crippen LogP contribution in [0.4, 0.5) is 0 Å². The third-order valence-corrected chi connectivity index (χ3v) is 3.28. The molecule has 3 aromatic rings. The van der Waals surface area contributed by atoms with E-state index in [1.54, 1.807) is 12.1 Å². The Labute approximate surface area is 119 Å². The second-order valence-electron chi connectivity index (χ2n) is 4.02. The summed E-state index contributed by atoms with van der Waals surface area (Å²) in [5.74, 6) is 0.416. The van der Waals surface area contributed by atoms with Gasteiger partial charge in [-0.3, -0.25) is 0 Å². The van der Waals surface area contributed by atoms with Crippen LogP contribution in [0.15, 0.2) is 42.5 Å². The van der Waals surface area contributed by atoms with Gasteiger partial charge in [0.05, 0.1) is 11.1 Å². The van der Waals surface area contributed by atoms with Gasteiger partial charge in [-0.25, -0.2) is 9.97 Å². The van der Waals surface area contributed by atoms with Gasteiger partial charge >= 0.3 is 0 Å². The highest BCUT2D eigenvalue weighted by molar-refractivity contribution is 6.34. The largest absolute Gasteiger partial charge is 0.507 e. The first-order valence-electron chi connectivity index (χ1n) is 5.56. The van der Waals surface area contributed by atoms with Crippen molar-refractivity contribution in [1.29, 1.82) is 0 Å². The predicted molar refractivity (Wildman–Crippen MR) is 76.7 cm³/mol. The fraction of sp³-hybridized carbons (Fsp3) is 0. The lowest BCUT2D eigenvalue weighted by molar-refractivity contribution is 0.477. The maximum atomic E-state index is 9.87. The summed E-state index contributed by atoms with van der Waals surface area (Å²) in [4.78, 5) is 8.60. The first kappa shape index (κ1) is 12.2. The number of hydrogen-bond acceptors (Lipinski definition) is 3. The second kappa shape index (κ2) is 4.68. The van der Waals surface area contributed by atoms with E-state index in [-0.39, 0.29) is 5.75 Å². The Morgan fingerprint density at radius 1 is 0.947 bits per heavy atom. The van der Waals surface area contributed by atoms with Crippen molar-refractivity contribution >= 4 is 34.1 Å². The van der Waals surface area contributed by atoms with Gasteiger partial charge in [-0.05, 0) is 30.3 Å². The Morgan fingerprint density at radius 2 is 1.74 bits per heavy atom. The van der Waals surface area contributed by atoms with Gasteiger partial charge in [-0.2, -0.15) is 0 Å². The summed E-state index contributed by atoms with van der Waals surface area (Å²) in [5, 5.41) is 11.5. The van der Waals surface area contributed by atoms with Crippen molar-refractivity contribution in [3.05, 3.63) is 52.6 Å². The lowest BCUT2D eigenvalue weighted by Gasteiger charge is -2.06. The minimum atomic E-state index is 0.0655. The molecule has 0 spiro atoms. The van der Waals surface area contributed by atoms with Crippen LogP contribution in [0.1, 0.15) is 0 Å². The third kappa shape index (κ3) is 2.23. The van der Waals surface area contributed by atoms with Crippen LogP contribution in [0.5, 0.6) is 5.75 Å². The van der Waals surface area contributed by atoms with Crippen LogP contribution < -0.4 is 0 Å². The number of phenolic OH excluding ortho intramolecular Hbond substituents is 1. The molecule has 3 nitrogen and oxygen atoms in total. The summed E-state index contributed by atoms with van der Waals surface area (Å²) < 4.78 is 0. The van der Waals surface area contributed by atoms with Crippen molar-refractivity contribution in [3.8, 4) is 17.1 Å². The van der Waals surface area contributed by atoms with E-state index in [0.29, 0.717) is 21.6 Å². The second-order valence-corrected chi connectivity index (χ2v) is 4.81. The quantitative estimate of drug-likeness (QED) is 0.679. The van der Waals surface area contributed by atoms with Gasteiger partial charge in [0.1, 0.15) is 10.9 Å². The molecule has 94 valence electrons. The van der Waals surface area contributed by atoms with E-state index < -0.39 is 0 Å². The molecule has 5 heteroatoms. The fourth-order valence-electron chi connectivity index (χ4n) is 1.85. The number of halogens is 2. The molecule has 0 fully saturated rings. The summed E-state index contributed by atoms with van der Waals surface area (Å²) in [6.07, 6.45) is 0. The smallest absolute Gasteiger partial charge is 0.165 e. The number of hydrogen-bond donors (Lipinski definition) is 1. The first-order valence-corrected chi connectivity index (χ1v) is 6.32. The number of nitrogens with zero attached hydrogens (tertiary/aromatic N) is 2. The third-order valence-electron chi connectivity index (χ3n) is 2.76. The lowest BCUT2D eigenvalue weighted by Crippen LogP contribution is -1.92. The summed E-state index contributed by atoms with van der Waals surface area (Å²) >= 11 is 12.1. The molecule has 3 rings (SSSR count). The monoisotopic (exact) mass is 290 g/mol. The fourth-order valence-corrected chi connectivity index (χ4v) is 2.26. The van der Waals surface area contributed by atoms with E-state index in [4.69, 9.17) is 23.2 Å².